The van der Waals surface area contributed by atoms with Crippen LogP contribution in [0, 0.1) is 5.41 Å². The molecule has 6 nitrogen and oxygen atoms in total. The van der Waals surface area contributed by atoms with Gasteiger partial charge in [-0.05, 0) is 44.1 Å². The van der Waals surface area contributed by atoms with E-state index in [0.29, 0.717) is 11.5 Å². The summed E-state index contributed by atoms with van der Waals surface area (Å²) < 4.78 is 11.6. The monoisotopic (exact) mass is 500 g/mol. The molecule has 2 saturated heterocycles. The van der Waals surface area contributed by atoms with Gasteiger partial charge in [-0.3, -0.25) is 4.99 Å². The van der Waals surface area contributed by atoms with Crippen molar-refractivity contribution >= 4 is 29.9 Å². The summed E-state index contributed by atoms with van der Waals surface area (Å²) in [6.45, 7) is 4.62. The highest BCUT2D eigenvalue weighted by molar-refractivity contribution is 14.0. The number of pyridine rings is 1. The van der Waals surface area contributed by atoms with Crippen LogP contribution in [0.1, 0.15) is 50.5 Å². The largest absolute Gasteiger partial charge is 0.474 e. The van der Waals surface area contributed by atoms with Crippen LogP contribution in [0.15, 0.2) is 23.3 Å². The van der Waals surface area contributed by atoms with Gasteiger partial charge in [-0.15, -0.1) is 24.0 Å². The number of aliphatic imine (C=N–C) groups is 1. The highest BCUT2D eigenvalue weighted by Gasteiger charge is 2.42. The molecule has 2 aliphatic heterocycles. The van der Waals surface area contributed by atoms with Crippen molar-refractivity contribution in [3.05, 3.63) is 23.9 Å². The highest BCUT2D eigenvalue weighted by atomic mass is 127. The Bertz CT molecular complexity index is 640. The quantitative estimate of drug-likeness (QED) is 0.389. The molecular formula is C21H33IN4O2. The lowest BCUT2D eigenvalue weighted by atomic mass is 9.87. The Morgan fingerprint density at radius 2 is 2.18 bits per heavy atom. The fraction of sp³-hybridized carbons (Fsp3) is 0.714. The minimum atomic E-state index is 0. The van der Waals surface area contributed by atoms with Gasteiger partial charge in [-0.1, -0.05) is 12.5 Å². The third-order valence-electron chi connectivity index (χ3n) is 6.22. The molecule has 0 aromatic carbocycles. The van der Waals surface area contributed by atoms with Crippen LogP contribution in [0.4, 0.5) is 0 Å². The van der Waals surface area contributed by atoms with E-state index in [1.54, 1.807) is 0 Å². The molecule has 1 atom stereocenters. The molecule has 3 aliphatic rings. The number of likely N-dealkylation sites (tertiary alicyclic amines) is 1. The Morgan fingerprint density at radius 1 is 1.32 bits per heavy atom. The van der Waals surface area contributed by atoms with E-state index in [0.717, 1.165) is 63.1 Å². The lowest BCUT2D eigenvalue weighted by Gasteiger charge is -2.25. The molecule has 156 valence electrons. The maximum atomic E-state index is 6.02. The summed E-state index contributed by atoms with van der Waals surface area (Å²) in [7, 11) is 1.86. The smallest absolute Gasteiger partial charge is 0.213 e. The van der Waals surface area contributed by atoms with Gasteiger partial charge >= 0.3 is 0 Å². The molecule has 0 amide bonds. The van der Waals surface area contributed by atoms with Crippen molar-refractivity contribution in [1.29, 1.82) is 0 Å². The summed E-state index contributed by atoms with van der Waals surface area (Å²) in [5.41, 5.74) is 1.49. The third kappa shape index (κ3) is 5.28. The van der Waals surface area contributed by atoms with Crippen LogP contribution in [-0.4, -0.2) is 55.3 Å². The predicted molar refractivity (Wildman–Crippen MR) is 121 cm³/mol. The van der Waals surface area contributed by atoms with E-state index in [2.05, 4.69) is 26.3 Å². The first-order valence-corrected chi connectivity index (χ1v) is 10.4. The first-order valence-electron chi connectivity index (χ1n) is 10.4. The number of nitrogens with zero attached hydrogens (tertiary/aromatic N) is 3. The lowest BCUT2D eigenvalue weighted by Crippen LogP contribution is -2.41. The van der Waals surface area contributed by atoms with E-state index in [-0.39, 0.29) is 24.0 Å². The van der Waals surface area contributed by atoms with Crippen molar-refractivity contribution in [3.63, 3.8) is 0 Å². The molecule has 4 rings (SSSR count). The molecule has 1 unspecified atom stereocenters. The first kappa shape index (κ1) is 21.6. The number of hydrogen-bond donors (Lipinski definition) is 1. The number of aromatic nitrogens is 1. The van der Waals surface area contributed by atoms with Crippen molar-refractivity contribution in [1.82, 2.24) is 15.2 Å². The summed E-state index contributed by atoms with van der Waals surface area (Å²) in [5.74, 6) is 1.72. The van der Waals surface area contributed by atoms with Gasteiger partial charge < -0.3 is 19.7 Å². The zero-order chi connectivity index (χ0) is 18.5. The number of rotatable bonds is 4. The molecule has 7 heteroatoms. The minimum Gasteiger partial charge on any atom is -0.474 e. The highest BCUT2D eigenvalue weighted by Crippen LogP contribution is 2.38. The molecular weight excluding hydrogens is 467 g/mol. The van der Waals surface area contributed by atoms with Crippen LogP contribution in [0.25, 0.3) is 0 Å². The average Bonchev–Trinajstić information content (AvgIpc) is 3.34. The third-order valence-corrected chi connectivity index (χ3v) is 6.22. The molecule has 1 saturated carbocycles. The SMILES string of the molecule is CN=C(NCc1ccc(OC2CCCCC2)nc1)N1CCC2(CCOC2)C1.I. The van der Waals surface area contributed by atoms with Crippen molar-refractivity contribution in [2.75, 3.05) is 33.4 Å². The van der Waals surface area contributed by atoms with E-state index in [4.69, 9.17) is 9.47 Å². The van der Waals surface area contributed by atoms with Crippen LogP contribution < -0.4 is 10.1 Å². The Labute approximate surface area is 185 Å². The van der Waals surface area contributed by atoms with Gasteiger partial charge in [-0.2, -0.15) is 0 Å². The molecule has 3 fully saturated rings. The second kappa shape index (κ2) is 10.1. The molecule has 1 aliphatic carbocycles. The Kier molecular flexibility index (Phi) is 7.79. The van der Waals surface area contributed by atoms with E-state index >= 15 is 0 Å². The summed E-state index contributed by atoms with van der Waals surface area (Å²) in [6.07, 6.45) is 10.8. The van der Waals surface area contributed by atoms with Crippen molar-refractivity contribution in [2.45, 2.75) is 57.6 Å². The molecule has 1 aromatic rings. The summed E-state index contributed by atoms with van der Waals surface area (Å²) in [5, 5.41) is 3.49. The van der Waals surface area contributed by atoms with Crippen molar-refractivity contribution < 1.29 is 9.47 Å². The van der Waals surface area contributed by atoms with E-state index in [9.17, 15) is 0 Å². The molecule has 1 N–H and O–H groups in total. The Morgan fingerprint density at radius 3 is 2.86 bits per heavy atom. The van der Waals surface area contributed by atoms with Crippen LogP contribution >= 0.6 is 24.0 Å². The van der Waals surface area contributed by atoms with E-state index in [1.165, 1.54) is 32.1 Å². The van der Waals surface area contributed by atoms with Crippen molar-refractivity contribution in [2.24, 2.45) is 10.4 Å². The van der Waals surface area contributed by atoms with Gasteiger partial charge in [0.1, 0.15) is 6.10 Å². The van der Waals surface area contributed by atoms with Gasteiger partial charge in [0.05, 0.1) is 6.61 Å². The van der Waals surface area contributed by atoms with Crippen LogP contribution in [0.2, 0.25) is 0 Å². The number of guanidine groups is 1. The fourth-order valence-corrected chi connectivity index (χ4v) is 4.54. The molecule has 1 aromatic heterocycles. The molecule has 0 bridgehead atoms. The summed E-state index contributed by atoms with van der Waals surface area (Å²) in [4.78, 5) is 11.3. The van der Waals surface area contributed by atoms with E-state index in [1.807, 2.05) is 19.3 Å². The van der Waals surface area contributed by atoms with Crippen LogP contribution in [0.3, 0.4) is 0 Å². The zero-order valence-corrected chi connectivity index (χ0v) is 19.2. The van der Waals surface area contributed by atoms with Crippen LogP contribution in [0.5, 0.6) is 5.88 Å². The Hall–Kier alpha value is -1.09. The summed E-state index contributed by atoms with van der Waals surface area (Å²) >= 11 is 0. The standard InChI is InChI=1S/C21H32N4O2.HI/c1-22-20(25-11-9-21(15-25)10-12-26-16-21)24-14-17-7-8-19(23-13-17)27-18-5-3-2-4-6-18;/h7-8,13,18H,2-6,9-12,14-16H2,1H3,(H,22,24);1H. The first-order chi connectivity index (χ1) is 13.3. The molecule has 0 radical (unpaired) electrons. The zero-order valence-electron chi connectivity index (χ0n) is 16.9. The van der Waals surface area contributed by atoms with E-state index < -0.39 is 0 Å². The van der Waals surface area contributed by atoms with Gasteiger partial charge in [0.25, 0.3) is 0 Å². The van der Waals surface area contributed by atoms with Gasteiger partial charge in [0.15, 0.2) is 5.96 Å². The van der Waals surface area contributed by atoms with Gasteiger partial charge in [-0.25, -0.2) is 4.98 Å². The average molecular weight is 500 g/mol. The second-order valence-corrected chi connectivity index (χ2v) is 8.26. The molecule has 28 heavy (non-hydrogen) atoms. The Balaban J connectivity index is 0.00000225. The molecule has 1 spiro atoms. The van der Waals surface area contributed by atoms with Gasteiger partial charge in [0, 0.05) is 51.0 Å². The number of hydrogen-bond acceptors (Lipinski definition) is 4. The number of ether oxygens (including phenoxy) is 2. The second-order valence-electron chi connectivity index (χ2n) is 8.26. The lowest BCUT2D eigenvalue weighted by molar-refractivity contribution is 0.148. The number of nitrogens with one attached hydrogen (secondary N) is 1. The summed E-state index contributed by atoms with van der Waals surface area (Å²) in [6, 6.07) is 4.09. The predicted octanol–water partition coefficient (Wildman–Crippen LogP) is 3.60. The van der Waals surface area contributed by atoms with Crippen molar-refractivity contribution in [3.8, 4) is 5.88 Å². The molecule has 3 heterocycles. The maximum Gasteiger partial charge on any atom is 0.213 e. The van der Waals surface area contributed by atoms with Crippen LogP contribution in [-0.2, 0) is 11.3 Å². The normalized spacial score (nSPS) is 25.8. The topological polar surface area (TPSA) is 59.0 Å². The van der Waals surface area contributed by atoms with Gasteiger partial charge in [0.2, 0.25) is 5.88 Å². The fourth-order valence-electron chi connectivity index (χ4n) is 4.54. The minimum absolute atomic E-state index is 0. The number of halogens is 1. The maximum absolute atomic E-state index is 6.02.